The Kier molecular flexibility index (Phi) is 4.42. The number of nitrogens with two attached hydrogens (primary N) is 1. The molecular weight excluding hydrogens is 214 g/mol. The van der Waals surface area contributed by atoms with E-state index in [2.05, 4.69) is 13.8 Å². The van der Waals surface area contributed by atoms with Crippen LogP contribution in [0.1, 0.15) is 31.6 Å². The smallest absolute Gasteiger partial charge is 0.0544 e. The summed E-state index contributed by atoms with van der Waals surface area (Å²) in [6.07, 6.45) is 3.31. The van der Waals surface area contributed by atoms with Gasteiger partial charge < -0.3 is 5.73 Å². The van der Waals surface area contributed by atoms with Crippen LogP contribution in [0.2, 0.25) is 5.02 Å². The Morgan fingerprint density at radius 1 is 1.43 bits per heavy atom. The molecule has 0 bridgehead atoms. The van der Waals surface area contributed by atoms with Gasteiger partial charge >= 0.3 is 0 Å². The van der Waals surface area contributed by atoms with E-state index in [0.717, 1.165) is 30.8 Å². The highest BCUT2D eigenvalue weighted by Gasteiger charge is 2.17. The Hall–Kier alpha value is -0.0500. The lowest BCUT2D eigenvalue weighted by Crippen LogP contribution is -2.17. The van der Waals surface area contributed by atoms with Gasteiger partial charge in [0.1, 0.15) is 0 Å². The molecule has 1 rings (SSSR count). The molecule has 0 aliphatic carbocycles. The summed E-state index contributed by atoms with van der Waals surface area (Å²) in [5, 5.41) is 2.96. The third-order valence-corrected chi connectivity index (χ3v) is 3.99. The largest absolute Gasteiger partial charge is 0.330 e. The molecule has 0 saturated carbocycles. The number of hydrogen-bond donors (Lipinski definition) is 1. The van der Waals surface area contributed by atoms with Crippen LogP contribution in [-0.2, 0) is 6.42 Å². The van der Waals surface area contributed by atoms with Crippen molar-refractivity contribution < 1.29 is 0 Å². The van der Waals surface area contributed by atoms with Crippen molar-refractivity contribution in [2.24, 2.45) is 11.1 Å². The van der Waals surface area contributed by atoms with Crippen LogP contribution in [0, 0.1) is 5.41 Å². The molecule has 80 valence electrons. The molecule has 0 aromatic carbocycles. The molecule has 3 heteroatoms. The van der Waals surface area contributed by atoms with E-state index < -0.39 is 0 Å². The Morgan fingerprint density at radius 3 is 2.64 bits per heavy atom. The molecule has 0 saturated heterocycles. The third kappa shape index (κ3) is 3.60. The normalized spacial score (nSPS) is 12.0. The molecule has 14 heavy (non-hydrogen) atoms. The summed E-state index contributed by atoms with van der Waals surface area (Å²) < 4.78 is 0. The minimum atomic E-state index is 0.335. The van der Waals surface area contributed by atoms with Crippen molar-refractivity contribution >= 4 is 22.9 Å². The molecule has 0 atom stereocenters. The predicted molar refractivity (Wildman–Crippen MR) is 65.1 cm³/mol. The second-order valence-electron chi connectivity index (χ2n) is 4.39. The van der Waals surface area contributed by atoms with Gasteiger partial charge in [0.25, 0.3) is 0 Å². The van der Waals surface area contributed by atoms with Crippen molar-refractivity contribution in [3.63, 3.8) is 0 Å². The fourth-order valence-corrected chi connectivity index (χ4v) is 2.61. The number of rotatable bonds is 5. The van der Waals surface area contributed by atoms with Crippen LogP contribution >= 0.6 is 22.9 Å². The Balaban J connectivity index is 2.44. The maximum Gasteiger partial charge on any atom is 0.0544 e. The van der Waals surface area contributed by atoms with Crippen LogP contribution in [0.25, 0.3) is 0 Å². The van der Waals surface area contributed by atoms with Crippen molar-refractivity contribution in [2.45, 2.75) is 33.1 Å². The van der Waals surface area contributed by atoms with Crippen molar-refractivity contribution in [1.29, 1.82) is 0 Å². The summed E-state index contributed by atoms with van der Waals surface area (Å²) in [5.74, 6) is 0. The molecule has 1 nitrogen and oxygen atoms in total. The van der Waals surface area contributed by atoms with Crippen LogP contribution in [-0.4, -0.2) is 6.54 Å². The van der Waals surface area contributed by atoms with Crippen molar-refractivity contribution in [3.8, 4) is 0 Å². The molecule has 0 aliphatic heterocycles. The zero-order chi connectivity index (χ0) is 10.6. The average Bonchev–Trinajstić information content (AvgIpc) is 2.48. The first-order valence-corrected chi connectivity index (χ1v) is 6.23. The van der Waals surface area contributed by atoms with E-state index in [1.807, 2.05) is 11.4 Å². The minimum absolute atomic E-state index is 0.335. The SMILES string of the molecule is CC(C)(CCN)CCc1sccc1Cl. The van der Waals surface area contributed by atoms with Gasteiger partial charge in [-0.3, -0.25) is 0 Å². The van der Waals surface area contributed by atoms with Crippen molar-refractivity contribution in [1.82, 2.24) is 0 Å². The van der Waals surface area contributed by atoms with E-state index in [4.69, 9.17) is 17.3 Å². The molecule has 1 aromatic rings. The topological polar surface area (TPSA) is 26.0 Å². The average molecular weight is 232 g/mol. The first-order chi connectivity index (χ1) is 6.55. The lowest BCUT2D eigenvalue weighted by atomic mass is 9.84. The molecule has 1 aromatic heterocycles. The van der Waals surface area contributed by atoms with Gasteiger partial charge in [0.05, 0.1) is 5.02 Å². The molecule has 1 heterocycles. The van der Waals surface area contributed by atoms with E-state index in [1.54, 1.807) is 11.3 Å². The Labute approximate surface area is 95.3 Å². The quantitative estimate of drug-likeness (QED) is 0.822. The number of halogens is 1. The fraction of sp³-hybridized carbons (Fsp3) is 0.636. The first-order valence-electron chi connectivity index (χ1n) is 4.97. The van der Waals surface area contributed by atoms with Gasteiger partial charge in [-0.05, 0) is 42.7 Å². The second kappa shape index (κ2) is 5.15. The molecule has 0 spiro atoms. The van der Waals surface area contributed by atoms with Gasteiger partial charge in [-0.1, -0.05) is 25.4 Å². The van der Waals surface area contributed by atoms with Crippen LogP contribution < -0.4 is 5.73 Å². The van der Waals surface area contributed by atoms with Gasteiger partial charge in [-0.15, -0.1) is 11.3 Å². The third-order valence-electron chi connectivity index (χ3n) is 2.54. The Morgan fingerprint density at radius 2 is 2.14 bits per heavy atom. The highest BCUT2D eigenvalue weighted by Crippen LogP contribution is 2.30. The van der Waals surface area contributed by atoms with Crippen LogP contribution in [0.15, 0.2) is 11.4 Å². The molecule has 0 amide bonds. The molecule has 0 fully saturated rings. The predicted octanol–water partition coefficient (Wildman–Crippen LogP) is 3.71. The lowest BCUT2D eigenvalue weighted by Gasteiger charge is -2.23. The standard InChI is InChI=1S/C11H18ClNS/c1-11(2,6-7-13)5-3-10-9(12)4-8-14-10/h4,8H,3,5-7,13H2,1-2H3. The minimum Gasteiger partial charge on any atom is -0.330 e. The van der Waals surface area contributed by atoms with E-state index in [9.17, 15) is 0 Å². The molecular formula is C11H18ClNS. The number of aryl methyl sites for hydroxylation is 1. The molecule has 0 aliphatic rings. The fourth-order valence-electron chi connectivity index (χ4n) is 1.47. The highest BCUT2D eigenvalue weighted by atomic mass is 35.5. The molecule has 2 N–H and O–H groups in total. The summed E-state index contributed by atoms with van der Waals surface area (Å²) in [5.41, 5.74) is 5.91. The summed E-state index contributed by atoms with van der Waals surface area (Å²) in [7, 11) is 0. The maximum atomic E-state index is 6.03. The van der Waals surface area contributed by atoms with Crippen molar-refractivity contribution in [2.75, 3.05) is 6.54 Å². The molecule has 0 radical (unpaired) electrons. The summed E-state index contributed by atoms with van der Waals surface area (Å²) in [6.45, 7) is 5.30. The first kappa shape index (κ1) is 12.0. The van der Waals surface area contributed by atoms with Gasteiger partial charge in [-0.25, -0.2) is 0 Å². The van der Waals surface area contributed by atoms with Crippen molar-refractivity contribution in [3.05, 3.63) is 21.3 Å². The van der Waals surface area contributed by atoms with Gasteiger partial charge in [0, 0.05) is 4.88 Å². The zero-order valence-corrected chi connectivity index (χ0v) is 10.4. The number of thiophene rings is 1. The van der Waals surface area contributed by atoms with E-state index >= 15 is 0 Å². The van der Waals surface area contributed by atoms with E-state index in [0.29, 0.717) is 5.41 Å². The van der Waals surface area contributed by atoms with E-state index in [-0.39, 0.29) is 0 Å². The van der Waals surface area contributed by atoms with Crippen LogP contribution in [0.4, 0.5) is 0 Å². The summed E-state index contributed by atoms with van der Waals surface area (Å²) in [6, 6.07) is 1.97. The second-order valence-corrected chi connectivity index (χ2v) is 5.80. The highest BCUT2D eigenvalue weighted by molar-refractivity contribution is 7.10. The number of hydrogen-bond acceptors (Lipinski definition) is 2. The van der Waals surface area contributed by atoms with Gasteiger partial charge in [0.2, 0.25) is 0 Å². The summed E-state index contributed by atoms with van der Waals surface area (Å²) in [4.78, 5) is 1.30. The van der Waals surface area contributed by atoms with Crippen LogP contribution in [0.5, 0.6) is 0 Å². The zero-order valence-electron chi connectivity index (χ0n) is 8.85. The summed E-state index contributed by atoms with van der Waals surface area (Å²) >= 11 is 7.78. The Bertz CT molecular complexity index is 281. The van der Waals surface area contributed by atoms with E-state index in [1.165, 1.54) is 4.88 Å². The van der Waals surface area contributed by atoms with Gasteiger partial charge in [0.15, 0.2) is 0 Å². The lowest BCUT2D eigenvalue weighted by molar-refractivity contribution is 0.314. The molecule has 0 unspecified atom stereocenters. The van der Waals surface area contributed by atoms with Crippen LogP contribution in [0.3, 0.4) is 0 Å². The maximum absolute atomic E-state index is 6.03. The van der Waals surface area contributed by atoms with Gasteiger partial charge in [-0.2, -0.15) is 0 Å². The monoisotopic (exact) mass is 231 g/mol.